The minimum atomic E-state index is -3.77. The highest BCUT2D eigenvalue weighted by Crippen LogP contribution is 2.37. The van der Waals surface area contributed by atoms with Crippen LogP contribution in [0.15, 0.2) is 23.1 Å². The first kappa shape index (κ1) is 18.9. The number of hydrogen-bond acceptors (Lipinski definition) is 5. The summed E-state index contributed by atoms with van der Waals surface area (Å²) in [5.41, 5.74) is 1.52. The summed E-state index contributed by atoms with van der Waals surface area (Å²) in [6.07, 6.45) is 2.12. The van der Waals surface area contributed by atoms with Crippen LogP contribution < -0.4 is 9.46 Å². The van der Waals surface area contributed by atoms with Crippen LogP contribution in [-0.2, 0) is 29.1 Å². The van der Waals surface area contributed by atoms with Crippen molar-refractivity contribution in [1.82, 2.24) is 14.5 Å². The molecule has 0 spiro atoms. The van der Waals surface area contributed by atoms with E-state index in [0.29, 0.717) is 17.8 Å². The quantitative estimate of drug-likeness (QED) is 0.822. The van der Waals surface area contributed by atoms with Gasteiger partial charge in [-0.1, -0.05) is 6.07 Å². The van der Waals surface area contributed by atoms with Gasteiger partial charge >= 0.3 is 0 Å². The zero-order valence-electron chi connectivity index (χ0n) is 15.5. The number of fused-ring (bicyclic) bond motifs is 1. The Balaban J connectivity index is 1.88. The second kappa shape index (κ2) is 6.68. The fourth-order valence-corrected chi connectivity index (χ4v) is 5.20. The number of sulfonamides is 1. The molecule has 0 aliphatic heterocycles. The number of aromatic nitrogens is 2. The lowest BCUT2D eigenvalue weighted by Crippen LogP contribution is -2.43. The highest BCUT2D eigenvalue weighted by molar-refractivity contribution is 7.89. The summed E-state index contributed by atoms with van der Waals surface area (Å²) in [7, 11) is -0.463. The van der Waals surface area contributed by atoms with Crippen LogP contribution >= 0.6 is 0 Å². The maximum Gasteiger partial charge on any atom is 0.244 e. The minimum absolute atomic E-state index is 0.0809. The highest BCUT2D eigenvalue weighted by Gasteiger charge is 2.36. The van der Waals surface area contributed by atoms with Gasteiger partial charge in [-0.3, -0.25) is 4.68 Å². The van der Waals surface area contributed by atoms with Gasteiger partial charge in [0.05, 0.1) is 18.5 Å². The number of rotatable bonds is 5. The SMILES string of the molecule is COc1ccc2c(c1)CCCC2(O)CNS(=O)(=O)c1c(C)nn(C)c1C. The number of hydrogen-bond donors (Lipinski definition) is 2. The van der Waals surface area contributed by atoms with E-state index < -0.39 is 15.6 Å². The molecule has 2 N–H and O–H groups in total. The van der Waals surface area contributed by atoms with Gasteiger partial charge in [0.15, 0.2) is 0 Å². The van der Waals surface area contributed by atoms with E-state index in [-0.39, 0.29) is 11.4 Å². The van der Waals surface area contributed by atoms with Crippen LogP contribution in [-0.4, -0.2) is 37.0 Å². The van der Waals surface area contributed by atoms with Crippen molar-refractivity contribution in [1.29, 1.82) is 0 Å². The maximum absolute atomic E-state index is 12.8. The summed E-state index contributed by atoms with van der Waals surface area (Å²) in [6.45, 7) is 3.30. The molecular formula is C18H25N3O4S. The standard InChI is InChI=1S/C18H25N3O4S/c1-12-17(13(2)21(3)20-12)26(23,24)19-11-18(22)9-5-6-14-10-15(25-4)7-8-16(14)18/h7-8,10,19,22H,5-6,9,11H2,1-4H3. The Morgan fingerprint density at radius 2 is 2.12 bits per heavy atom. The molecule has 1 aromatic heterocycles. The molecule has 26 heavy (non-hydrogen) atoms. The third-order valence-electron chi connectivity index (χ3n) is 5.12. The average molecular weight is 379 g/mol. The van der Waals surface area contributed by atoms with Crippen molar-refractivity contribution in [3.8, 4) is 5.75 Å². The second-order valence-electron chi connectivity index (χ2n) is 6.86. The summed E-state index contributed by atoms with van der Waals surface area (Å²) < 4.78 is 35.0. The van der Waals surface area contributed by atoms with Crippen LogP contribution in [0.3, 0.4) is 0 Å². The van der Waals surface area contributed by atoms with Crippen LogP contribution in [0.4, 0.5) is 0 Å². The summed E-state index contributed by atoms with van der Waals surface area (Å²) >= 11 is 0. The Morgan fingerprint density at radius 1 is 1.38 bits per heavy atom. The monoisotopic (exact) mass is 379 g/mol. The van der Waals surface area contributed by atoms with Gasteiger partial charge in [0.2, 0.25) is 10.0 Å². The number of nitrogens with zero attached hydrogens (tertiary/aromatic N) is 2. The van der Waals surface area contributed by atoms with Gasteiger partial charge in [-0.05, 0) is 56.4 Å². The number of ether oxygens (including phenoxy) is 1. The molecule has 0 radical (unpaired) electrons. The predicted molar refractivity (Wildman–Crippen MR) is 97.7 cm³/mol. The molecule has 0 fully saturated rings. The van der Waals surface area contributed by atoms with Crippen molar-refractivity contribution >= 4 is 10.0 Å². The van der Waals surface area contributed by atoms with Gasteiger partial charge in [0, 0.05) is 13.6 Å². The molecule has 0 amide bonds. The van der Waals surface area contributed by atoms with Crippen LogP contribution in [0.25, 0.3) is 0 Å². The summed E-state index contributed by atoms with van der Waals surface area (Å²) in [5, 5.41) is 15.3. The topological polar surface area (TPSA) is 93.4 Å². The lowest BCUT2D eigenvalue weighted by molar-refractivity contribution is 0.0242. The van der Waals surface area contributed by atoms with Crippen LogP contribution in [0.5, 0.6) is 5.75 Å². The lowest BCUT2D eigenvalue weighted by Gasteiger charge is -2.34. The van der Waals surface area contributed by atoms with Gasteiger partial charge in [0.1, 0.15) is 16.2 Å². The third-order valence-corrected chi connectivity index (χ3v) is 6.77. The number of methoxy groups -OCH3 is 1. The van der Waals surface area contributed by atoms with Gasteiger partial charge in [-0.2, -0.15) is 5.10 Å². The van der Waals surface area contributed by atoms with E-state index in [1.54, 1.807) is 38.8 Å². The van der Waals surface area contributed by atoms with Crippen molar-refractivity contribution < 1.29 is 18.3 Å². The molecule has 1 aliphatic carbocycles. The first-order valence-electron chi connectivity index (χ1n) is 8.57. The molecule has 142 valence electrons. The van der Waals surface area contributed by atoms with Crippen molar-refractivity contribution in [3.05, 3.63) is 40.7 Å². The fraction of sp³-hybridized carbons (Fsp3) is 0.500. The van der Waals surface area contributed by atoms with E-state index in [4.69, 9.17) is 4.74 Å². The first-order valence-corrected chi connectivity index (χ1v) is 10.1. The molecule has 0 saturated heterocycles. The van der Waals surface area contributed by atoms with Crippen molar-refractivity contribution in [2.45, 2.75) is 43.6 Å². The van der Waals surface area contributed by atoms with Crippen molar-refractivity contribution in [3.63, 3.8) is 0 Å². The van der Waals surface area contributed by atoms with Gasteiger partial charge in [-0.25, -0.2) is 13.1 Å². The van der Waals surface area contributed by atoms with Gasteiger partial charge < -0.3 is 9.84 Å². The second-order valence-corrected chi connectivity index (χ2v) is 8.56. The zero-order valence-corrected chi connectivity index (χ0v) is 16.4. The van der Waals surface area contributed by atoms with E-state index in [2.05, 4.69) is 9.82 Å². The smallest absolute Gasteiger partial charge is 0.244 e. The fourth-order valence-electron chi connectivity index (χ4n) is 3.68. The molecule has 0 bridgehead atoms. The number of benzene rings is 1. The van der Waals surface area contributed by atoms with E-state index in [0.717, 1.165) is 29.7 Å². The number of aliphatic hydroxyl groups is 1. The number of aryl methyl sites for hydroxylation is 3. The maximum atomic E-state index is 12.8. The van der Waals surface area contributed by atoms with Gasteiger partial charge in [0.25, 0.3) is 0 Å². The minimum Gasteiger partial charge on any atom is -0.497 e. The molecule has 8 heteroatoms. The van der Waals surface area contributed by atoms with E-state index in [9.17, 15) is 13.5 Å². The van der Waals surface area contributed by atoms with E-state index in [1.807, 2.05) is 12.1 Å². The van der Waals surface area contributed by atoms with E-state index in [1.165, 1.54) is 0 Å². The molecule has 1 atom stereocenters. The molecule has 1 aliphatic rings. The molecule has 2 aromatic rings. The Hall–Kier alpha value is -1.90. The normalized spacial score (nSPS) is 20.0. The third kappa shape index (κ3) is 3.24. The predicted octanol–water partition coefficient (Wildman–Crippen LogP) is 1.55. The molecule has 1 heterocycles. The van der Waals surface area contributed by atoms with Gasteiger partial charge in [-0.15, -0.1) is 0 Å². The average Bonchev–Trinajstić information content (AvgIpc) is 2.86. The van der Waals surface area contributed by atoms with Crippen LogP contribution in [0, 0.1) is 13.8 Å². The first-order chi connectivity index (χ1) is 12.2. The van der Waals surface area contributed by atoms with Crippen molar-refractivity contribution in [2.75, 3.05) is 13.7 Å². The van der Waals surface area contributed by atoms with E-state index >= 15 is 0 Å². The zero-order chi connectivity index (χ0) is 19.1. The van der Waals surface area contributed by atoms with Crippen LogP contribution in [0.1, 0.15) is 35.4 Å². The molecule has 3 rings (SSSR count). The Labute approximate surface area is 154 Å². The Kier molecular flexibility index (Phi) is 4.85. The number of nitrogens with one attached hydrogen (secondary N) is 1. The summed E-state index contributed by atoms with van der Waals surface area (Å²) in [6, 6.07) is 5.52. The van der Waals surface area contributed by atoms with Crippen molar-refractivity contribution in [2.24, 2.45) is 7.05 Å². The lowest BCUT2D eigenvalue weighted by atomic mass is 9.79. The molecule has 7 nitrogen and oxygen atoms in total. The highest BCUT2D eigenvalue weighted by atomic mass is 32.2. The molecule has 0 saturated carbocycles. The largest absolute Gasteiger partial charge is 0.497 e. The Morgan fingerprint density at radius 3 is 2.73 bits per heavy atom. The molecular weight excluding hydrogens is 354 g/mol. The van der Waals surface area contributed by atoms with Crippen LogP contribution in [0.2, 0.25) is 0 Å². The Bertz CT molecular complexity index is 936. The summed E-state index contributed by atoms with van der Waals surface area (Å²) in [5.74, 6) is 0.732. The molecule has 1 aromatic carbocycles. The summed E-state index contributed by atoms with van der Waals surface area (Å²) in [4.78, 5) is 0.175. The molecule has 1 unspecified atom stereocenters.